The lowest BCUT2D eigenvalue weighted by molar-refractivity contribution is -0.276. The van der Waals surface area contributed by atoms with E-state index in [4.69, 9.17) is 9.47 Å². The number of amides is 1. The predicted molar refractivity (Wildman–Crippen MR) is 226 cm³/mol. The van der Waals surface area contributed by atoms with Crippen LogP contribution in [-0.2, 0) is 22.6 Å². The quantitative estimate of drug-likeness (QED) is 0.0740. The molecule has 1 saturated heterocycles. The fraction of sp³-hybridized carbons (Fsp3) is 0.490. The fourth-order valence-corrected chi connectivity index (χ4v) is 7.75. The summed E-state index contributed by atoms with van der Waals surface area (Å²) in [6.45, 7) is 10.4. The maximum absolute atomic E-state index is 12.8. The van der Waals surface area contributed by atoms with Crippen molar-refractivity contribution in [2.24, 2.45) is 5.92 Å². The van der Waals surface area contributed by atoms with Gasteiger partial charge in [-0.2, -0.15) is 0 Å². The van der Waals surface area contributed by atoms with Crippen LogP contribution in [0.4, 0.5) is 0 Å². The van der Waals surface area contributed by atoms with E-state index in [1.165, 1.54) is 77.0 Å². The van der Waals surface area contributed by atoms with E-state index in [1.807, 2.05) is 54.6 Å². The first kappa shape index (κ1) is 42.3. The van der Waals surface area contributed by atoms with Gasteiger partial charge in [0.15, 0.2) is 6.29 Å². The molecular weight excluding hydrogens is 681 g/mol. The molecule has 5 rings (SSSR count). The second-order valence-corrected chi connectivity index (χ2v) is 15.5. The van der Waals surface area contributed by atoms with Gasteiger partial charge in [-0.3, -0.25) is 4.79 Å². The lowest BCUT2D eigenvalue weighted by atomic mass is 9.89. The van der Waals surface area contributed by atoms with E-state index in [-0.39, 0.29) is 30.6 Å². The molecule has 1 amide bonds. The number of benzene rings is 4. The number of aliphatic hydroxyl groups is 1. The first-order valence-electron chi connectivity index (χ1n) is 21.2. The summed E-state index contributed by atoms with van der Waals surface area (Å²) in [6.07, 6.45) is 14.9. The van der Waals surface area contributed by atoms with Crippen LogP contribution < -0.4 is 5.32 Å². The van der Waals surface area contributed by atoms with Crippen molar-refractivity contribution in [2.45, 2.75) is 129 Å². The Morgan fingerprint density at radius 1 is 0.673 bits per heavy atom. The van der Waals surface area contributed by atoms with Gasteiger partial charge in [-0.05, 0) is 65.9 Å². The molecule has 0 aliphatic carbocycles. The third kappa shape index (κ3) is 13.1. The summed E-state index contributed by atoms with van der Waals surface area (Å²) in [4.78, 5) is 15.5. The molecule has 296 valence electrons. The molecule has 0 saturated carbocycles. The summed E-state index contributed by atoms with van der Waals surface area (Å²) in [6, 6.07) is 34.3. The minimum absolute atomic E-state index is 0.00456. The Morgan fingerprint density at radius 3 is 1.89 bits per heavy atom. The summed E-state index contributed by atoms with van der Waals surface area (Å²) in [7, 11) is 0. The van der Waals surface area contributed by atoms with Crippen molar-refractivity contribution >= 4 is 5.91 Å². The maximum atomic E-state index is 12.8. The van der Waals surface area contributed by atoms with Crippen molar-refractivity contribution in [1.82, 2.24) is 10.2 Å². The Bertz CT molecular complexity index is 1640. The molecule has 55 heavy (non-hydrogen) atoms. The summed E-state index contributed by atoms with van der Waals surface area (Å²) < 4.78 is 13.8. The molecule has 0 bridgehead atoms. The van der Waals surface area contributed by atoms with Crippen LogP contribution in [0.5, 0.6) is 0 Å². The first-order valence-corrected chi connectivity index (χ1v) is 21.2. The Kier molecular flexibility index (Phi) is 17.9. The molecule has 0 spiro atoms. The largest absolute Gasteiger partial charge is 0.392 e. The minimum Gasteiger partial charge on any atom is -0.392 e. The molecule has 1 aliphatic rings. The van der Waals surface area contributed by atoms with Crippen molar-refractivity contribution in [2.75, 3.05) is 19.6 Å². The van der Waals surface area contributed by atoms with Crippen molar-refractivity contribution < 1.29 is 19.4 Å². The number of carbonyl (C=O) groups is 1. The molecule has 4 aromatic rings. The highest BCUT2D eigenvalue weighted by molar-refractivity contribution is 5.94. The molecule has 0 unspecified atom stereocenters. The molecule has 4 atom stereocenters. The topological polar surface area (TPSA) is 71.0 Å². The average molecular weight is 747 g/mol. The van der Waals surface area contributed by atoms with E-state index < -0.39 is 6.29 Å². The second kappa shape index (κ2) is 23.3. The molecule has 6 nitrogen and oxygen atoms in total. The highest BCUT2D eigenvalue weighted by Gasteiger charge is 2.39. The van der Waals surface area contributed by atoms with Crippen LogP contribution in [0.3, 0.4) is 0 Å². The highest BCUT2D eigenvalue weighted by Crippen LogP contribution is 2.42. The zero-order chi connectivity index (χ0) is 38.7. The Morgan fingerprint density at radius 2 is 1.25 bits per heavy atom. The highest BCUT2D eigenvalue weighted by atomic mass is 16.7. The summed E-state index contributed by atoms with van der Waals surface area (Å²) >= 11 is 0. The second-order valence-electron chi connectivity index (χ2n) is 15.5. The van der Waals surface area contributed by atoms with Crippen LogP contribution >= 0.6 is 0 Å². The van der Waals surface area contributed by atoms with Gasteiger partial charge in [-0.15, -0.1) is 0 Å². The van der Waals surface area contributed by atoms with Gasteiger partial charge in [-0.25, -0.2) is 0 Å². The molecule has 0 radical (unpaired) electrons. The lowest BCUT2D eigenvalue weighted by Crippen LogP contribution is -2.45. The fourth-order valence-electron chi connectivity index (χ4n) is 7.75. The van der Waals surface area contributed by atoms with Crippen molar-refractivity contribution in [3.63, 3.8) is 0 Å². The van der Waals surface area contributed by atoms with Crippen molar-refractivity contribution in [3.05, 3.63) is 131 Å². The summed E-state index contributed by atoms with van der Waals surface area (Å²) in [5.74, 6) is 0.0595. The van der Waals surface area contributed by atoms with Gasteiger partial charge in [-0.1, -0.05) is 176 Å². The number of nitrogens with zero attached hydrogens (tertiary/aromatic N) is 1. The van der Waals surface area contributed by atoms with Gasteiger partial charge in [0.1, 0.15) is 0 Å². The molecule has 2 N–H and O–H groups in total. The van der Waals surface area contributed by atoms with E-state index in [9.17, 15) is 9.90 Å². The minimum atomic E-state index is -0.511. The number of aliphatic hydroxyl groups excluding tert-OH is 1. The van der Waals surface area contributed by atoms with Gasteiger partial charge < -0.3 is 24.8 Å². The van der Waals surface area contributed by atoms with E-state index in [0.717, 1.165) is 53.0 Å². The number of carbonyl (C=O) groups excluding carboxylic acids is 1. The Hall–Kier alpha value is -3.81. The van der Waals surface area contributed by atoms with E-state index in [1.54, 1.807) is 0 Å². The molecule has 0 aromatic heterocycles. The normalized spacial score (nSPS) is 18.4. The number of hydrogen-bond acceptors (Lipinski definition) is 5. The third-order valence-corrected chi connectivity index (χ3v) is 11.2. The number of nitrogens with one attached hydrogen (secondary N) is 1. The molecule has 1 aliphatic heterocycles. The van der Waals surface area contributed by atoms with Gasteiger partial charge >= 0.3 is 0 Å². The van der Waals surface area contributed by atoms with E-state index >= 15 is 0 Å². The molecule has 1 fully saturated rings. The molecular formula is C49H66N2O4. The van der Waals surface area contributed by atoms with Crippen LogP contribution in [0.2, 0.25) is 0 Å². The monoisotopic (exact) mass is 747 g/mol. The Balaban J connectivity index is 1.32. The van der Waals surface area contributed by atoms with Gasteiger partial charge in [0.2, 0.25) is 0 Å². The molecule has 1 heterocycles. The standard InChI is InChI=1S/C49H66N2O4/c1-4-6-8-10-12-19-33-51(34-20-13-11-9-7-5-2)36-46-38(3)47(41-27-25-39(37-52)26-28-41)55-49(54-46)43-31-29-40(30-32-43)45-24-18-17-23-44(45)35-50-48(53)42-21-15-14-16-22-42/h14-18,21-32,38,46-47,49,52H,4-13,19-20,33-37H2,1-3H3,(H,50,53)/t38-,46+,47+,49+/m1/s1. The zero-order valence-electron chi connectivity index (χ0n) is 33.8. The molecule has 6 heteroatoms. The maximum Gasteiger partial charge on any atom is 0.251 e. The van der Waals surface area contributed by atoms with Gasteiger partial charge in [0, 0.05) is 30.1 Å². The van der Waals surface area contributed by atoms with Crippen LogP contribution in [0, 0.1) is 5.92 Å². The average Bonchev–Trinajstić information content (AvgIpc) is 3.23. The summed E-state index contributed by atoms with van der Waals surface area (Å²) in [5, 5.41) is 12.8. The van der Waals surface area contributed by atoms with Crippen LogP contribution in [0.15, 0.2) is 103 Å². The van der Waals surface area contributed by atoms with Gasteiger partial charge in [0.05, 0.1) is 18.8 Å². The predicted octanol–water partition coefficient (Wildman–Crippen LogP) is 11.6. The van der Waals surface area contributed by atoms with Crippen molar-refractivity contribution in [1.29, 1.82) is 0 Å². The number of unbranched alkanes of at least 4 members (excludes halogenated alkanes) is 10. The van der Waals surface area contributed by atoms with Crippen LogP contribution in [0.1, 0.15) is 143 Å². The zero-order valence-corrected chi connectivity index (χ0v) is 33.8. The number of rotatable bonds is 23. The SMILES string of the molecule is CCCCCCCCN(CCCCCCCC)C[C@@H]1O[C@H](c2ccc(-c3ccccc3CNC(=O)c3ccccc3)cc2)O[C@H](c2ccc(CO)cc2)[C@@H]1C. The van der Waals surface area contributed by atoms with Crippen LogP contribution in [0.25, 0.3) is 11.1 Å². The summed E-state index contributed by atoms with van der Waals surface area (Å²) in [5.41, 5.74) is 6.88. The smallest absolute Gasteiger partial charge is 0.251 e. The van der Waals surface area contributed by atoms with Crippen molar-refractivity contribution in [3.8, 4) is 11.1 Å². The first-order chi connectivity index (χ1) is 27.0. The number of ether oxygens (including phenoxy) is 2. The molecule has 4 aromatic carbocycles. The Labute approximate surface area is 331 Å². The third-order valence-electron chi connectivity index (χ3n) is 11.2. The van der Waals surface area contributed by atoms with Gasteiger partial charge in [0.25, 0.3) is 5.91 Å². The van der Waals surface area contributed by atoms with E-state index in [0.29, 0.717) is 12.1 Å². The lowest BCUT2D eigenvalue weighted by Gasteiger charge is -2.43. The number of hydrogen-bond donors (Lipinski definition) is 2. The van der Waals surface area contributed by atoms with E-state index in [2.05, 4.69) is 79.5 Å². The van der Waals surface area contributed by atoms with Crippen LogP contribution in [-0.4, -0.2) is 41.7 Å².